The molecule has 0 spiro atoms. The van der Waals surface area contributed by atoms with Crippen molar-refractivity contribution in [2.75, 3.05) is 6.54 Å². The number of amides is 1. The summed E-state index contributed by atoms with van der Waals surface area (Å²) in [4.78, 5) is 16.5. The molecule has 1 atom stereocenters. The van der Waals surface area contributed by atoms with Crippen molar-refractivity contribution >= 4 is 17.2 Å². The van der Waals surface area contributed by atoms with Crippen LogP contribution in [0.4, 0.5) is 0 Å². The SMILES string of the molecule is Cc1ncsc1C(=O)NCC(C)(O)c1cnn(C)c1. The molecule has 0 aliphatic heterocycles. The first-order valence-corrected chi connectivity index (χ1v) is 6.68. The van der Waals surface area contributed by atoms with E-state index in [0.29, 0.717) is 16.1 Å². The van der Waals surface area contributed by atoms with Crippen LogP contribution in [-0.2, 0) is 12.6 Å². The molecule has 0 aromatic carbocycles. The van der Waals surface area contributed by atoms with Crippen LogP contribution in [0.1, 0.15) is 27.9 Å². The van der Waals surface area contributed by atoms with Gasteiger partial charge >= 0.3 is 0 Å². The third-order valence-corrected chi connectivity index (χ3v) is 3.80. The van der Waals surface area contributed by atoms with Crippen molar-refractivity contribution in [2.45, 2.75) is 19.4 Å². The lowest BCUT2D eigenvalue weighted by Crippen LogP contribution is -2.38. The average molecular weight is 280 g/mol. The Balaban J connectivity index is 2.02. The number of carbonyl (C=O) groups is 1. The van der Waals surface area contributed by atoms with Gasteiger partial charge in [0.2, 0.25) is 0 Å². The summed E-state index contributed by atoms with van der Waals surface area (Å²) in [6, 6.07) is 0. The van der Waals surface area contributed by atoms with E-state index in [0.717, 1.165) is 0 Å². The van der Waals surface area contributed by atoms with Crippen LogP contribution < -0.4 is 5.32 Å². The van der Waals surface area contributed by atoms with E-state index in [1.165, 1.54) is 11.3 Å². The van der Waals surface area contributed by atoms with Gasteiger partial charge in [-0.2, -0.15) is 5.10 Å². The van der Waals surface area contributed by atoms with Crippen molar-refractivity contribution < 1.29 is 9.90 Å². The summed E-state index contributed by atoms with van der Waals surface area (Å²) in [6.07, 6.45) is 3.31. The standard InChI is InChI=1S/C12H16N4O2S/c1-8-10(19-7-14-8)11(17)13-6-12(2,18)9-4-15-16(3)5-9/h4-5,7,18H,6H2,1-3H3,(H,13,17). The Morgan fingerprint density at radius 2 is 2.37 bits per heavy atom. The van der Waals surface area contributed by atoms with Crippen molar-refractivity contribution in [1.82, 2.24) is 20.1 Å². The van der Waals surface area contributed by atoms with Gasteiger partial charge in [-0.3, -0.25) is 9.48 Å². The summed E-state index contributed by atoms with van der Waals surface area (Å²) in [6.45, 7) is 3.55. The van der Waals surface area contributed by atoms with Gasteiger partial charge in [-0.25, -0.2) is 4.98 Å². The van der Waals surface area contributed by atoms with Crippen LogP contribution >= 0.6 is 11.3 Å². The van der Waals surface area contributed by atoms with Gasteiger partial charge in [0.1, 0.15) is 10.5 Å². The zero-order valence-corrected chi connectivity index (χ0v) is 11.9. The maximum atomic E-state index is 11.9. The van der Waals surface area contributed by atoms with Gasteiger partial charge in [0.05, 0.1) is 23.9 Å². The molecule has 6 nitrogen and oxygen atoms in total. The second-order valence-corrected chi connectivity index (χ2v) is 5.48. The second kappa shape index (κ2) is 5.10. The molecule has 2 rings (SSSR count). The lowest BCUT2D eigenvalue weighted by molar-refractivity contribution is 0.0526. The Morgan fingerprint density at radius 3 is 2.89 bits per heavy atom. The van der Waals surface area contributed by atoms with Crippen LogP contribution in [0.15, 0.2) is 17.9 Å². The van der Waals surface area contributed by atoms with Crippen molar-refractivity contribution in [3.8, 4) is 0 Å². The molecule has 0 fully saturated rings. The molecule has 2 aromatic rings. The van der Waals surface area contributed by atoms with Gasteiger partial charge in [-0.15, -0.1) is 11.3 Å². The number of carbonyl (C=O) groups excluding carboxylic acids is 1. The number of rotatable bonds is 4. The minimum atomic E-state index is -1.15. The lowest BCUT2D eigenvalue weighted by atomic mass is 10.00. The number of nitrogens with zero attached hydrogens (tertiary/aromatic N) is 3. The van der Waals surface area contributed by atoms with Gasteiger partial charge in [0.25, 0.3) is 5.91 Å². The molecule has 102 valence electrons. The molecule has 7 heteroatoms. The van der Waals surface area contributed by atoms with Gasteiger partial charge in [0.15, 0.2) is 0 Å². The maximum absolute atomic E-state index is 11.9. The van der Waals surface area contributed by atoms with E-state index in [1.54, 1.807) is 43.5 Å². The molecular formula is C12H16N4O2S. The number of aryl methyl sites for hydroxylation is 2. The molecule has 2 heterocycles. The first kappa shape index (κ1) is 13.7. The first-order chi connectivity index (χ1) is 8.90. The van der Waals surface area contributed by atoms with Crippen LogP contribution in [-0.4, -0.2) is 32.3 Å². The number of nitrogens with one attached hydrogen (secondary N) is 1. The number of thiazole rings is 1. The quantitative estimate of drug-likeness (QED) is 0.869. The summed E-state index contributed by atoms with van der Waals surface area (Å²) < 4.78 is 1.61. The Bertz CT molecular complexity index is 588. The molecule has 0 aliphatic rings. The zero-order chi connectivity index (χ0) is 14.0. The number of hydrogen-bond donors (Lipinski definition) is 2. The molecular weight excluding hydrogens is 264 g/mol. The first-order valence-electron chi connectivity index (χ1n) is 5.80. The van der Waals surface area contributed by atoms with E-state index in [1.807, 2.05) is 0 Å². The summed E-state index contributed by atoms with van der Waals surface area (Å²) in [7, 11) is 1.78. The highest BCUT2D eigenvalue weighted by molar-refractivity contribution is 7.11. The Kier molecular flexibility index (Phi) is 3.68. The van der Waals surface area contributed by atoms with E-state index < -0.39 is 5.60 Å². The minimum Gasteiger partial charge on any atom is -0.383 e. The minimum absolute atomic E-state index is 0.120. The van der Waals surface area contributed by atoms with Gasteiger partial charge in [0, 0.05) is 18.8 Å². The van der Waals surface area contributed by atoms with Crippen LogP contribution in [0.25, 0.3) is 0 Å². The van der Waals surface area contributed by atoms with Crippen molar-refractivity contribution in [3.63, 3.8) is 0 Å². The molecule has 2 aromatic heterocycles. The molecule has 0 bridgehead atoms. The Hall–Kier alpha value is -1.73. The smallest absolute Gasteiger partial charge is 0.263 e. The molecule has 2 N–H and O–H groups in total. The van der Waals surface area contributed by atoms with E-state index in [9.17, 15) is 9.90 Å². The maximum Gasteiger partial charge on any atom is 0.263 e. The Labute approximate surface area is 115 Å². The molecule has 0 aliphatic carbocycles. The van der Waals surface area contributed by atoms with E-state index in [2.05, 4.69) is 15.4 Å². The van der Waals surface area contributed by atoms with Gasteiger partial charge in [-0.05, 0) is 13.8 Å². The summed E-state index contributed by atoms with van der Waals surface area (Å²) >= 11 is 1.29. The van der Waals surface area contributed by atoms with Crippen LogP contribution in [0, 0.1) is 6.92 Å². The fourth-order valence-electron chi connectivity index (χ4n) is 1.65. The van der Waals surface area contributed by atoms with Gasteiger partial charge < -0.3 is 10.4 Å². The average Bonchev–Trinajstić information content (AvgIpc) is 2.95. The lowest BCUT2D eigenvalue weighted by Gasteiger charge is -2.22. The molecule has 1 unspecified atom stereocenters. The number of aromatic nitrogens is 3. The summed E-state index contributed by atoms with van der Waals surface area (Å²) in [5.74, 6) is -0.218. The fourth-order valence-corrected chi connectivity index (χ4v) is 2.37. The van der Waals surface area contributed by atoms with Gasteiger partial charge in [-0.1, -0.05) is 0 Å². The highest BCUT2D eigenvalue weighted by atomic mass is 32.1. The molecule has 19 heavy (non-hydrogen) atoms. The normalized spacial score (nSPS) is 14.1. The zero-order valence-electron chi connectivity index (χ0n) is 11.0. The summed E-state index contributed by atoms with van der Waals surface area (Å²) in [5.41, 5.74) is 1.84. The van der Waals surface area contributed by atoms with E-state index >= 15 is 0 Å². The predicted octanol–water partition coefficient (Wildman–Crippen LogP) is 0.823. The molecule has 0 saturated heterocycles. The van der Waals surface area contributed by atoms with Crippen molar-refractivity contribution in [3.05, 3.63) is 34.0 Å². The van der Waals surface area contributed by atoms with E-state index in [-0.39, 0.29) is 12.5 Å². The molecule has 0 radical (unpaired) electrons. The highest BCUT2D eigenvalue weighted by Gasteiger charge is 2.26. The van der Waals surface area contributed by atoms with Crippen molar-refractivity contribution in [2.24, 2.45) is 7.05 Å². The number of hydrogen-bond acceptors (Lipinski definition) is 5. The van der Waals surface area contributed by atoms with Crippen molar-refractivity contribution in [1.29, 1.82) is 0 Å². The summed E-state index contributed by atoms with van der Waals surface area (Å²) in [5, 5.41) is 17.1. The third-order valence-electron chi connectivity index (χ3n) is 2.87. The largest absolute Gasteiger partial charge is 0.383 e. The molecule has 0 saturated carbocycles. The second-order valence-electron chi connectivity index (χ2n) is 4.63. The monoisotopic (exact) mass is 280 g/mol. The Morgan fingerprint density at radius 1 is 1.63 bits per heavy atom. The fraction of sp³-hybridized carbons (Fsp3) is 0.417. The highest BCUT2D eigenvalue weighted by Crippen LogP contribution is 2.19. The predicted molar refractivity (Wildman–Crippen MR) is 72.0 cm³/mol. The van der Waals surface area contributed by atoms with Crippen LogP contribution in [0.3, 0.4) is 0 Å². The third kappa shape index (κ3) is 2.99. The van der Waals surface area contributed by atoms with Crippen LogP contribution in [0.5, 0.6) is 0 Å². The van der Waals surface area contributed by atoms with Crippen LogP contribution in [0.2, 0.25) is 0 Å². The topological polar surface area (TPSA) is 80.0 Å². The molecule has 1 amide bonds. The van der Waals surface area contributed by atoms with E-state index in [4.69, 9.17) is 0 Å². The number of aliphatic hydroxyl groups is 1.